The monoisotopic (exact) mass is 439 g/mol. The Morgan fingerprint density at radius 2 is 1.93 bits per heavy atom. The zero-order valence-corrected chi connectivity index (χ0v) is 17.5. The smallest absolute Gasteiger partial charge is 0.338 e. The van der Waals surface area contributed by atoms with Gasteiger partial charge in [0.05, 0.1) is 33.5 Å². The molecule has 1 saturated carbocycles. The number of allylic oxidation sites excluding steroid dienone is 1. The van der Waals surface area contributed by atoms with Gasteiger partial charge < -0.3 is 9.47 Å². The molecule has 5 nitrogen and oxygen atoms in total. The van der Waals surface area contributed by atoms with E-state index < -0.39 is 0 Å². The van der Waals surface area contributed by atoms with Crippen molar-refractivity contribution in [3.05, 3.63) is 70.4 Å². The summed E-state index contributed by atoms with van der Waals surface area (Å²) in [6.45, 7) is 0. The number of ketones is 1. The van der Waals surface area contributed by atoms with Crippen molar-refractivity contribution in [3.8, 4) is 0 Å². The first-order chi connectivity index (χ1) is 14.6. The van der Waals surface area contributed by atoms with Gasteiger partial charge in [-0.2, -0.15) is 0 Å². The third kappa shape index (κ3) is 3.61. The highest BCUT2D eigenvalue weighted by molar-refractivity contribution is 7.19. The highest BCUT2D eigenvalue weighted by Gasteiger charge is 2.42. The molecule has 0 N–H and O–H groups in total. The summed E-state index contributed by atoms with van der Waals surface area (Å²) in [5, 5.41) is 1.26. The van der Waals surface area contributed by atoms with E-state index in [0.29, 0.717) is 40.4 Å². The Hall–Kier alpha value is -2.70. The lowest BCUT2D eigenvalue weighted by molar-refractivity contribution is -0.126. The number of carbonyl (C=O) groups excluding carboxylic acids is 2. The number of hydrogen-bond acceptors (Lipinski definition) is 6. The van der Waals surface area contributed by atoms with Crippen LogP contribution in [-0.4, -0.2) is 28.9 Å². The molecule has 2 aliphatic rings. The number of para-hydroxylation sites is 1. The van der Waals surface area contributed by atoms with Crippen LogP contribution in [0, 0.1) is 5.92 Å². The van der Waals surface area contributed by atoms with Crippen molar-refractivity contribution in [2.75, 3.05) is 0 Å². The Labute approximate surface area is 182 Å². The number of hydrogen-bond donors (Lipinski definition) is 0. The molecule has 5 rings (SSSR count). The summed E-state index contributed by atoms with van der Waals surface area (Å²) in [7, 11) is 0. The van der Waals surface area contributed by atoms with Gasteiger partial charge in [0.1, 0.15) is 17.2 Å². The number of benzene rings is 2. The van der Waals surface area contributed by atoms with Gasteiger partial charge in [0.25, 0.3) is 0 Å². The van der Waals surface area contributed by atoms with Crippen LogP contribution in [0.1, 0.15) is 34.6 Å². The predicted molar refractivity (Wildman–Crippen MR) is 115 cm³/mol. The summed E-state index contributed by atoms with van der Waals surface area (Å²) in [5.74, 6) is -0.557. The molecular weight excluding hydrogens is 422 g/mol. The third-order valence-electron chi connectivity index (χ3n) is 5.58. The van der Waals surface area contributed by atoms with Gasteiger partial charge in [-0.25, -0.2) is 9.78 Å². The van der Waals surface area contributed by atoms with Crippen molar-refractivity contribution in [2.45, 2.75) is 31.5 Å². The molecule has 0 amide bonds. The van der Waals surface area contributed by atoms with Gasteiger partial charge in [-0.15, -0.1) is 11.3 Å². The van der Waals surface area contributed by atoms with Gasteiger partial charge >= 0.3 is 5.97 Å². The van der Waals surface area contributed by atoms with Crippen LogP contribution in [0.5, 0.6) is 0 Å². The number of ether oxygens (including phenoxy) is 2. The Morgan fingerprint density at radius 1 is 1.13 bits per heavy atom. The van der Waals surface area contributed by atoms with Gasteiger partial charge in [0, 0.05) is 11.4 Å². The number of aromatic nitrogens is 1. The topological polar surface area (TPSA) is 65.5 Å². The van der Waals surface area contributed by atoms with Crippen LogP contribution < -0.4 is 0 Å². The number of esters is 1. The van der Waals surface area contributed by atoms with Crippen LogP contribution in [0.4, 0.5) is 0 Å². The van der Waals surface area contributed by atoms with Gasteiger partial charge in [0.2, 0.25) is 0 Å². The molecule has 2 heterocycles. The summed E-state index contributed by atoms with van der Waals surface area (Å²) < 4.78 is 12.6. The van der Waals surface area contributed by atoms with Crippen molar-refractivity contribution in [3.63, 3.8) is 0 Å². The molecule has 3 atom stereocenters. The van der Waals surface area contributed by atoms with E-state index in [9.17, 15) is 9.59 Å². The van der Waals surface area contributed by atoms with E-state index in [1.54, 1.807) is 24.3 Å². The summed E-state index contributed by atoms with van der Waals surface area (Å²) in [4.78, 5) is 30.1. The molecule has 3 unspecified atom stereocenters. The minimum atomic E-state index is -0.386. The molecule has 152 valence electrons. The number of fused-ring (bicyclic) bond motifs is 2. The fourth-order valence-electron chi connectivity index (χ4n) is 4.01. The number of rotatable bonds is 3. The minimum Gasteiger partial charge on any atom is -0.496 e. The van der Waals surface area contributed by atoms with E-state index in [1.165, 1.54) is 17.6 Å². The van der Waals surface area contributed by atoms with Crippen molar-refractivity contribution >= 4 is 50.5 Å². The molecule has 0 spiro atoms. The van der Waals surface area contributed by atoms with Crippen LogP contribution in [-0.2, 0) is 14.3 Å². The fourth-order valence-corrected chi connectivity index (χ4v) is 5.11. The van der Waals surface area contributed by atoms with Crippen LogP contribution in [0.2, 0.25) is 5.02 Å². The Bertz CT molecular complexity index is 1120. The second kappa shape index (κ2) is 7.85. The van der Waals surface area contributed by atoms with Crippen LogP contribution in [0.15, 0.2) is 54.8 Å². The van der Waals surface area contributed by atoms with E-state index in [-0.39, 0.29) is 29.9 Å². The first kappa shape index (κ1) is 19.3. The molecule has 1 fully saturated rings. The molecule has 7 heteroatoms. The second-order valence-corrected chi connectivity index (χ2v) is 8.98. The fraction of sp³-hybridized carbons (Fsp3) is 0.261. The van der Waals surface area contributed by atoms with Gasteiger partial charge in [-0.05, 0) is 49.2 Å². The molecular formula is C23H18ClNO4S. The second-order valence-electron chi connectivity index (χ2n) is 7.51. The van der Waals surface area contributed by atoms with Crippen molar-refractivity contribution in [2.24, 2.45) is 5.92 Å². The number of nitrogens with zero attached hydrogens (tertiary/aromatic N) is 1. The van der Waals surface area contributed by atoms with E-state index in [0.717, 1.165) is 10.2 Å². The Morgan fingerprint density at radius 3 is 2.73 bits per heavy atom. The Kier molecular flexibility index (Phi) is 5.05. The van der Waals surface area contributed by atoms with Gasteiger partial charge in [-0.1, -0.05) is 23.7 Å². The molecule has 0 saturated heterocycles. The zero-order chi connectivity index (χ0) is 20.7. The SMILES string of the molecule is O=C(OC1CCC2C(=O)C(c3nc4ccccc4s3)=COC2C1)c1ccc(Cl)cc1. The number of halogens is 1. The molecule has 2 aromatic carbocycles. The molecule has 1 aromatic heterocycles. The molecule has 0 radical (unpaired) electrons. The van der Waals surface area contributed by atoms with E-state index >= 15 is 0 Å². The maximum atomic E-state index is 13.1. The first-order valence-electron chi connectivity index (χ1n) is 9.81. The minimum absolute atomic E-state index is 0.0628. The number of thiazole rings is 1. The summed E-state index contributed by atoms with van der Waals surface area (Å²) in [6.07, 6.45) is 2.71. The quantitative estimate of drug-likeness (QED) is 0.519. The van der Waals surface area contributed by atoms with Crippen LogP contribution >= 0.6 is 22.9 Å². The standard InChI is InChI=1S/C23H18ClNO4S/c24-14-7-5-13(6-8-14)23(27)29-15-9-10-16-19(11-15)28-12-17(21(16)26)22-25-18-3-1-2-4-20(18)30-22/h1-8,12,15-16,19H,9-11H2. The molecule has 1 aliphatic carbocycles. The predicted octanol–water partition coefficient (Wildman–Crippen LogP) is 5.28. The molecule has 1 aliphatic heterocycles. The molecule has 3 aromatic rings. The third-order valence-corrected chi connectivity index (χ3v) is 6.91. The lowest BCUT2D eigenvalue weighted by Crippen LogP contribution is -2.41. The normalized spacial score (nSPS) is 23.4. The Balaban J connectivity index is 1.29. The van der Waals surface area contributed by atoms with E-state index in [2.05, 4.69) is 4.98 Å². The molecule has 30 heavy (non-hydrogen) atoms. The number of Topliss-reactive ketones (excluding diaryl/α,β-unsaturated/α-hetero) is 1. The summed E-state index contributed by atoms with van der Waals surface area (Å²) >= 11 is 7.36. The first-order valence-corrected chi connectivity index (χ1v) is 11.0. The van der Waals surface area contributed by atoms with E-state index in [4.69, 9.17) is 21.1 Å². The average molecular weight is 440 g/mol. The summed E-state index contributed by atoms with van der Waals surface area (Å²) in [6, 6.07) is 14.4. The van der Waals surface area contributed by atoms with Gasteiger partial charge in [0.15, 0.2) is 5.78 Å². The van der Waals surface area contributed by atoms with Crippen molar-refractivity contribution in [1.29, 1.82) is 0 Å². The maximum absolute atomic E-state index is 13.1. The summed E-state index contributed by atoms with van der Waals surface area (Å²) in [5.41, 5.74) is 1.88. The largest absolute Gasteiger partial charge is 0.496 e. The lowest BCUT2D eigenvalue weighted by Gasteiger charge is -2.36. The van der Waals surface area contributed by atoms with Crippen molar-refractivity contribution < 1.29 is 19.1 Å². The highest BCUT2D eigenvalue weighted by atomic mass is 35.5. The zero-order valence-electron chi connectivity index (χ0n) is 15.9. The lowest BCUT2D eigenvalue weighted by atomic mass is 9.79. The van der Waals surface area contributed by atoms with Crippen molar-refractivity contribution in [1.82, 2.24) is 4.98 Å². The maximum Gasteiger partial charge on any atom is 0.338 e. The molecule has 0 bridgehead atoms. The van der Waals surface area contributed by atoms with Crippen LogP contribution in [0.25, 0.3) is 15.8 Å². The van der Waals surface area contributed by atoms with Gasteiger partial charge in [-0.3, -0.25) is 4.79 Å². The average Bonchev–Trinajstić information content (AvgIpc) is 3.18. The number of carbonyl (C=O) groups is 2. The van der Waals surface area contributed by atoms with E-state index in [1.807, 2.05) is 24.3 Å². The highest BCUT2D eigenvalue weighted by Crippen LogP contribution is 2.39. The van der Waals surface area contributed by atoms with Crippen LogP contribution in [0.3, 0.4) is 0 Å².